The lowest BCUT2D eigenvalue weighted by atomic mass is 10.1. The van der Waals surface area contributed by atoms with Crippen LogP contribution in [0.3, 0.4) is 0 Å². The number of nitrogens with zero attached hydrogens (tertiary/aromatic N) is 1. The highest BCUT2D eigenvalue weighted by atomic mass is 19.2. The molecule has 1 amide bonds. The molecule has 2 N–H and O–H groups in total. The standard InChI is InChI=1S/C16H16F2N2O/c1-10(11-4-3-5-13(19)8-11)20(2)16(21)12-6-7-14(17)15(18)9-12/h3-10H,19H2,1-2H3. The maximum absolute atomic E-state index is 13.2. The number of amides is 1. The van der Waals surface area contributed by atoms with Crippen LogP contribution in [0.25, 0.3) is 0 Å². The van der Waals surface area contributed by atoms with Crippen molar-refractivity contribution in [3.05, 3.63) is 65.2 Å². The van der Waals surface area contributed by atoms with Crippen molar-refractivity contribution in [2.24, 2.45) is 0 Å². The Balaban J connectivity index is 2.24. The van der Waals surface area contributed by atoms with Gasteiger partial charge in [0, 0.05) is 18.3 Å². The van der Waals surface area contributed by atoms with Crippen molar-refractivity contribution in [3.63, 3.8) is 0 Å². The number of benzene rings is 2. The fourth-order valence-electron chi connectivity index (χ4n) is 2.05. The van der Waals surface area contributed by atoms with Crippen LogP contribution in [-0.4, -0.2) is 17.9 Å². The molecule has 0 aliphatic carbocycles. The molecule has 0 heterocycles. The van der Waals surface area contributed by atoms with Crippen molar-refractivity contribution in [1.29, 1.82) is 0 Å². The summed E-state index contributed by atoms with van der Waals surface area (Å²) in [5.41, 5.74) is 7.30. The molecule has 21 heavy (non-hydrogen) atoms. The molecule has 0 saturated carbocycles. The highest BCUT2D eigenvalue weighted by Gasteiger charge is 2.20. The number of rotatable bonds is 3. The largest absolute Gasteiger partial charge is 0.399 e. The molecule has 2 aromatic carbocycles. The Hall–Kier alpha value is -2.43. The van der Waals surface area contributed by atoms with Crippen molar-refractivity contribution in [2.75, 3.05) is 12.8 Å². The first-order chi connectivity index (χ1) is 9.90. The topological polar surface area (TPSA) is 46.3 Å². The summed E-state index contributed by atoms with van der Waals surface area (Å²) in [4.78, 5) is 13.8. The van der Waals surface area contributed by atoms with Crippen molar-refractivity contribution in [2.45, 2.75) is 13.0 Å². The zero-order valence-electron chi connectivity index (χ0n) is 11.8. The summed E-state index contributed by atoms with van der Waals surface area (Å²) in [6, 6.07) is 10.1. The van der Waals surface area contributed by atoms with Gasteiger partial charge in [0.15, 0.2) is 11.6 Å². The Morgan fingerprint density at radius 3 is 2.48 bits per heavy atom. The second-order valence-electron chi connectivity index (χ2n) is 4.89. The molecule has 0 spiro atoms. The number of carbonyl (C=O) groups excluding carboxylic acids is 1. The first-order valence-electron chi connectivity index (χ1n) is 6.48. The maximum Gasteiger partial charge on any atom is 0.254 e. The molecular formula is C16H16F2N2O. The van der Waals surface area contributed by atoms with Crippen LogP contribution in [0.2, 0.25) is 0 Å². The van der Waals surface area contributed by atoms with E-state index in [0.717, 1.165) is 17.7 Å². The first kappa shape index (κ1) is 15.0. The van der Waals surface area contributed by atoms with Gasteiger partial charge in [0.2, 0.25) is 0 Å². The second-order valence-corrected chi connectivity index (χ2v) is 4.89. The lowest BCUT2D eigenvalue weighted by Gasteiger charge is -2.25. The molecule has 110 valence electrons. The lowest BCUT2D eigenvalue weighted by Crippen LogP contribution is -2.29. The number of carbonyl (C=O) groups is 1. The Morgan fingerprint density at radius 1 is 1.14 bits per heavy atom. The third-order valence-electron chi connectivity index (χ3n) is 3.46. The number of nitrogens with two attached hydrogens (primary N) is 1. The van der Waals surface area contributed by atoms with Crippen LogP contribution in [0.5, 0.6) is 0 Å². The van der Waals surface area contributed by atoms with Gasteiger partial charge in [-0.2, -0.15) is 0 Å². The van der Waals surface area contributed by atoms with Gasteiger partial charge in [-0.3, -0.25) is 4.79 Å². The molecule has 0 aliphatic heterocycles. The monoisotopic (exact) mass is 290 g/mol. The molecular weight excluding hydrogens is 274 g/mol. The van der Waals surface area contributed by atoms with Crippen LogP contribution < -0.4 is 5.73 Å². The molecule has 0 saturated heterocycles. The second kappa shape index (κ2) is 5.91. The zero-order chi connectivity index (χ0) is 15.6. The van der Waals surface area contributed by atoms with Gasteiger partial charge in [-0.25, -0.2) is 8.78 Å². The number of anilines is 1. The average molecular weight is 290 g/mol. The minimum atomic E-state index is -1.04. The van der Waals surface area contributed by atoms with Crippen LogP contribution >= 0.6 is 0 Å². The minimum Gasteiger partial charge on any atom is -0.399 e. The smallest absolute Gasteiger partial charge is 0.254 e. The van der Waals surface area contributed by atoms with Crippen LogP contribution in [0.15, 0.2) is 42.5 Å². The molecule has 0 aromatic heterocycles. The maximum atomic E-state index is 13.2. The van der Waals surface area contributed by atoms with Crippen molar-refractivity contribution >= 4 is 11.6 Å². The molecule has 1 unspecified atom stereocenters. The van der Waals surface area contributed by atoms with E-state index in [-0.39, 0.29) is 17.5 Å². The number of hydrogen-bond donors (Lipinski definition) is 1. The fourth-order valence-corrected chi connectivity index (χ4v) is 2.05. The quantitative estimate of drug-likeness (QED) is 0.881. The third-order valence-corrected chi connectivity index (χ3v) is 3.46. The Kier molecular flexibility index (Phi) is 4.21. The van der Waals surface area contributed by atoms with Crippen molar-refractivity contribution in [3.8, 4) is 0 Å². The SMILES string of the molecule is CC(c1cccc(N)c1)N(C)C(=O)c1ccc(F)c(F)c1. The van der Waals surface area contributed by atoms with Gasteiger partial charge in [-0.1, -0.05) is 12.1 Å². The van der Waals surface area contributed by atoms with Crippen molar-refractivity contribution < 1.29 is 13.6 Å². The van der Waals surface area contributed by atoms with Gasteiger partial charge < -0.3 is 10.6 Å². The normalized spacial score (nSPS) is 12.0. The van der Waals surface area contributed by atoms with E-state index in [1.807, 2.05) is 13.0 Å². The summed E-state index contributed by atoms with van der Waals surface area (Å²) >= 11 is 0. The molecule has 2 aromatic rings. The van der Waals surface area contributed by atoms with Crippen LogP contribution in [0.1, 0.15) is 28.9 Å². The van der Waals surface area contributed by atoms with E-state index in [9.17, 15) is 13.6 Å². The van der Waals surface area contributed by atoms with Gasteiger partial charge in [0.1, 0.15) is 0 Å². The molecule has 3 nitrogen and oxygen atoms in total. The van der Waals surface area contributed by atoms with Crippen LogP contribution in [-0.2, 0) is 0 Å². The van der Waals surface area contributed by atoms with Gasteiger partial charge in [0.25, 0.3) is 5.91 Å². The van der Waals surface area contributed by atoms with Crippen LogP contribution in [0.4, 0.5) is 14.5 Å². The molecule has 1 atom stereocenters. The summed E-state index contributed by atoms with van der Waals surface area (Å²) in [6.45, 7) is 1.84. The summed E-state index contributed by atoms with van der Waals surface area (Å²) in [6.07, 6.45) is 0. The molecule has 5 heteroatoms. The highest BCUT2D eigenvalue weighted by molar-refractivity contribution is 5.94. The Morgan fingerprint density at radius 2 is 1.86 bits per heavy atom. The fraction of sp³-hybridized carbons (Fsp3) is 0.188. The van der Waals surface area contributed by atoms with E-state index in [2.05, 4.69) is 0 Å². The predicted octanol–water partition coefficient (Wildman–Crippen LogP) is 3.38. The Labute approximate surface area is 122 Å². The average Bonchev–Trinajstić information content (AvgIpc) is 2.47. The summed E-state index contributed by atoms with van der Waals surface area (Å²) in [5, 5.41) is 0. The zero-order valence-corrected chi connectivity index (χ0v) is 11.8. The van der Waals surface area contributed by atoms with Gasteiger partial charge in [-0.15, -0.1) is 0 Å². The van der Waals surface area contributed by atoms with E-state index < -0.39 is 11.6 Å². The van der Waals surface area contributed by atoms with E-state index in [4.69, 9.17) is 5.73 Å². The third kappa shape index (κ3) is 3.18. The van der Waals surface area contributed by atoms with Gasteiger partial charge >= 0.3 is 0 Å². The summed E-state index contributed by atoms with van der Waals surface area (Å²) < 4.78 is 26.1. The van der Waals surface area contributed by atoms with E-state index >= 15 is 0 Å². The summed E-state index contributed by atoms with van der Waals surface area (Å²) in [5.74, 6) is -2.40. The van der Waals surface area contributed by atoms with Crippen molar-refractivity contribution in [1.82, 2.24) is 4.90 Å². The van der Waals surface area contributed by atoms with E-state index in [1.54, 1.807) is 25.2 Å². The van der Waals surface area contributed by atoms with Gasteiger partial charge in [0.05, 0.1) is 6.04 Å². The number of nitrogen functional groups attached to an aromatic ring is 1. The molecule has 0 bridgehead atoms. The van der Waals surface area contributed by atoms with E-state index in [1.165, 1.54) is 11.0 Å². The molecule has 0 fully saturated rings. The molecule has 0 aliphatic rings. The lowest BCUT2D eigenvalue weighted by molar-refractivity contribution is 0.0742. The number of halogens is 2. The first-order valence-corrected chi connectivity index (χ1v) is 6.48. The molecule has 0 radical (unpaired) electrons. The highest BCUT2D eigenvalue weighted by Crippen LogP contribution is 2.22. The Bertz CT molecular complexity index is 673. The number of hydrogen-bond acceptors (Lipinski definition) is 2. The van der Waals surface area contributed by atoms with Gasteiger partial charge in [-0.05, 0) is 42.8 Å². The van der Waals surface area contributed by atoms with Crippen LogP contribution in [0, 0.1) is 11.6 Å². The predicted molar refractivity (Wildman–Crippen MR) is 77.7 cm³/mol. The minimum absolute atomic E-state index is 0.104. The summed E-state index contributed by atoms with van der Waals surface area (Å²) in [7, 11) is 1.61. The van der Waals surface area contributed by atoms with E-state index in [0.29, 0.717) is 5.69 Å². The molecule has 2 rings (SSSR count).